The van der Waals surface area contributed by atoms with Gasteiger partial charge in [-0.2, -0.15) is 5.10 Å². The van der Waals surface area contributed by atoms with Gasteiger partial charge in [0.2, 0.25) is 0 Å². The quantitative estimate of drug-likeness (QED) is 0.739. The van der Waals surface area contributed by atoms with E-state index in [4.69, 9.17) is 5.11 Å². The lowest BCUT2D eigenvalue weighted by atomic mass is 10.2. The van der Waals surface area contributed by atoms with Crippen molar-refractivity contribution in [2.24, 2.45) is 7.05 Å². The highest BCUT2D eigenvalue weighted by atomic mass is 16.5. The van der Waals surface area contributed by atoms with Crippen LogP contribution in [0.4, 0.5) is 0 Å². The van der Waals surface area contributed by atoms with E-state index in [0.29, 0.717) is 17.7 Å². The second-order valence-electron chi connectivity index (χ2n) is 2.98. The van der Waals surface area contributed by atoms with Crippen molar-refractivity contribution in [3.63, 3.8) is 0 Å². The van der Waals surface area contributed by atoms with Gasteiger partial charge in [0.15, 0.2) is 5.69 Å². The van der Waals surface area contributed by atoms with Crippen LogP contribution in [0.15, 0.2) is 12.3 Å². The monoisotopic (exact) mass is 210 g/mol. The Bertz CT molecular complexity index is 369. The van der Waals surface area contributed by atoms with E-state index in [1.807, 2.05) is 0 Å². The number of nitrogens with zero attached hydrogens (tertiary/aromatic N) is 2. The number of methoxy groups -OCH3 is 1. The summed E-state index contributed by atoms with van der Waals surface area (Å²) in [4.78, 5) is 11.4. The number of ether oxygens (including phenoxy) is 1. The van der Waals surface area contributed by atoms with E-state index in [9.17, 15) is 4.79 Å². The summed E-state index contributed by atoms with van der Waals surface area (Å²) in [6.07, 6.45) is 5.66. The van der Waals surface area contributed by atoms with Crippen LogP contribution in [0.1, 0.15) is 22.5 Å². The van der Waals surface area contributed by atoms with Gasteiger partial charge in [0.1, 0.15) is 0 Å². The Morgan fingerprint density at radius 3 is 3.07 bits per heavy atom. The molecule has 1 aromatic rings. The van der Waals surface area contributed by atoms with Gasteiger partial charge in [0.25, 0.3) is 0 Å². The fourth-order valence-corrected chi connectivity index (χ4v) is 1.21. The highest BCUT2D eigenvalue weighted by molar-refractivity contribution is 5.91. The van der Waals surface area contributed by atoms with Crippen molar-refractivity contribution in [3.8, 4) is 0 Å². The highest BCUT2D eigenvalue weighted by Crippen LogP contribution is 2.11. The zero-order chi connectivity index (χ0) is 11.3. The van der Waals surface area contributed by atoms with Crippen LogP contribution in [-0.4, -0.2) is 34.6 Å². The molecule has 0 unspecified atom stereocenters. The fraction of sp³-hybridized carbons (Fsp3) is 0.400. The third kappa shape index (κ3) is 2.66. The SMILES string of the molecule is COC(=O)c1c(C=CCCO)cnn1C. The minimum atomic E-state index is -0.418. The van der Waals surface area contributed by atoms with Crippen molar-refractivity contribution in [1.29, 1.82) is 0 Å². The number of hydrogen-bond donors (Lipinski definition) is 1. The molecule has 0 aromatic carbocycles. The summed E-state index contributed by atoms with van der Waals surface area (Å²) in [5, 5.41) is 12.6. The van der Waals surface area contributed by atoms with Crippen LogP contribution in [0.25, 0.3) is 6.08 Å². The minimum absolute atomic E-state index is 0.0876. The summed E-state index contributed by atoms with van der Waals surface area (Å²) < 4.78 is 6.10. The van der Waals surface area contributed by atoms with Gasteiger partial charge in [0.05, 0.1) is 13.3 Å². The largest absolute Gasteiger partial charge is 0.464 e. The van der Waals surface area contributed by atoms with Gasteiger partial charge < -0.3 is 9.84 Å². The van der Waals surface area contributed by atoms with Crippen molar-refractivity contribution in [2.75, 3.05) is 13.7 Å². The summed E-state index contributed by atoms with van der Waals surface area (Å²) in [5.74, 6) is -0.418. The van der Waals surface area contributed by atoms with Crippen molar-refractivity contribution in [1.82, 2.24) is 9.78 Å². The molecule has 5 nitrogen and oxygen atoms in total. The van der Waals surface area contributed by atoms with Gasteiger partial charge in [-0.3, -0.25) is 4.68 Å². The van der Waals surface area contributed by atoms with Crippen LogP contribution in [0.5, 0.6) is 0 Å². The zero-order valence-electron chi connectivity index (χ0n) is 8.80. The van der Waals surface area contributed by atoms with Gasteiger partial charge in [-0.1, -0.05) is 12.2 Å². The van der Waals surface area contributed by atoms with E-state index in [1.54, 1.807) is 25.4 Å². The predicted molar refractivity (Wildman–Crippen MR) is 55.3 cm³/mol. The molecule has 0 aliphatic heterocycles. The topological polar surface area (TPSA) is 64.3 Å². The van der Waals surface area contributed by atoms with Crippen LogP contribution < -0.4 is 0 Å². The number of aromatic nitrogens is 2. The molecule has 1 heterocycles. The molecule has 0 bridgehead atoms. The van der Waals surface area contributed by atoms with Crippen LogP contribution in [0.2, 0.25) is 0 Å². The molecule has 0 saturated heterocycles. The second-order valence-corrected chi connectivity index (χ2v) is 2.98. The molecule has 5 heteroatoms. The molecule has 0 fully saturated rings. The molecule has 0 amide bonds. The molecule has 1 aromatic heterocycles. The molecule has 0 radical (unpaired) electrons. The molecule has 0 atom stereocenters. The van der Waals surface area contributed by atoms with Gasteiger partial charge in [-0.15, -0.1) is 0 Å². The van der Waals surface area contributed by atoms with Gasteiger partial charge in [0, 0.05) is 19.2 Å². The molecule has 1 rings (SSSR count). The third-order valence-electron chi connectivity index (χ3n) is 1.94. The summed E-state index contributed by atoms with van der Waals surface area (Å²) in [7, 11) is 3.01. The van der Waals surface area contributed by atoms with E-state index in [1.165, 1.54) is 11.8 Å². The van der Waals surface area contributed by atoms with Crippen LogP contribution in [-0.2, 0) is 11.8 Å². The van der Waals surface area contributed by atoms with Crippen LogP contribution in [0.3, 0.4) is 0 Å². The van der Waals surface area contributed by atoms with E-state index in [2.05, 4.69) is 9.84 Å². The first kappa shape index (κ1) is 11.5. The number of carbonyl (C=O) groups excluding carboxylic acids is 1. The average molecular weight is 210 g/mol. The Morgan fingerprint density at radius 1 is 1.73 bits per heavy atom. The lowest BCUT2D eigenvalue weighted by molar-refractivity contribution is 0.0588. The first-order chi connectivity index (χ1) is 7.20. The maximum Gasteiger partial charge on any atom is 0.356 e. The fourth-order valence-electron chi connectivity index (χ4n) is 1.21. The molecule has 0 spiro atoms. The van der Waals surface area contributed by atoms with E-state index < -0.39 is 5.97 Å². The number of carbonyl (C=O) groups is 1. The maximum absolute atomic E-state index is 11.4. The normalized spacial score (nSPS) is 10.9. The predicted octanol–water partition coefficient (Wildman–Crippen LogP) is 0.602. The molecule has 0 aliphatic carbocycles. The van der Waals surface area contributed by atoms with Crippen molar-refractivity contribution >= 4 is 12.0 Å². The van der Waals surface area contributed by atoms with Gasteiger partial charge in [-0.05, 0) is 6.42 Å². The number of esters is 1. The second kappa shape index (κ2) is 5.31. The Kier molecular flexibility index (Phi) is 4.05. The van der Waals surface area contributed by atoms with Crippen LogP contribution >= 0.6 is 0 Å². The number of aryl methyl sites for hydroxylation is 1. The lowest BCUT2D eigenvalue weighted by Crippen LogP contribution is -2.09. The standard InChI is InChI=1S/C10H14N2O3/c1-12-9(10(14)15-2)8(7-11-12)5-3-4-6-13/h3,5,7,13H,4,6H2,1-2H3. The Labute approximate surface area is 88.0 Å². The van der Waals surface area contributed by atoms with Gasteiger partial charge >= 0.3 is 5.97 Å². The molecule has 0 aliphatic rings. The van der Waals surface area contributed by atoms with E-state index in [0.717, 1.165) is 0 Å². The summed E-state index contributed by atoms with van der Waals surface area (Å²) >= 11 is 0. The molecule has 15 heavy (non-hydrogen) atoms. The van der Waals surface area contributed by atoms with E-state index >= 15 is 0 Å². The lowest BCUT2D eigenvalue weighted by Gasteiger charge is -2.00. The van der Waals surface area contributed by atoms with Crippen molar-refractivity contribution < 1.29 is 14.6 Å². The number of aliphatic hydroxyl groups excluding tert-OH is 1. The maximum atomic E-state index is 11.4. The van der Waals surface area contributed by atoms with E-state index in [-0.39, 0.29) is 6.61 Å². The number of rotatable bonds is 4. The highest BCUT2D eigenvalue weighted by Gasteiger charge is 2.14. The number of aliphatic hydroxyl groups is 1. The Hall–Kier alpha value is -1.62. The molecular weight excluding hydrogens is 196 g/mol. The summed E-state index contributed by atoms with van der Waals surface area (Å²) in [6, 6.07) is 0. The van der Waals surface area contributed by atoms with Crippen molar-refractivity contribution in [3.05, 3.63) is 23.5 Å². The first-order valence-electron chi connectivity index (χ1n) is 4.58. The third-order valence-corrected chi connectivity index (χ3v) is 1.94. The smallest absolute Gasteiger partial charge is 0.356 e. The molecule has 82 valence electrons. The first-order valence-corrected chi connectivity index (χ1v) is 4.58. The van der Waals surface area contributed by atoms with Gasteiger partial charge in [-0.25, -0.2) is 4.79 Å². The minimum Gasteiger partial charge on any atom is -0.464 e. The summed E-state index contributed by atoms with van der Waals surface area (Å²) in [6.45, 7) is 0.0876. The average Bonchev–Trinajstić information content (AvgIpc) is 2.59. The Balaban J connectivity index is 2.93. The summed E-state index contributed by atoms with van der Waals surface area (Å²) in [5.41, 5.74) is 1.10. The Morgan fingerprint density at radius 2 is 2.47 bits per heavy atom. The van der Waals surface area contributed by atoms with Crippen molar-refractivity contribution in [2.45, 2.75) is 6.42 Å². The van der Waals surface area contributed by atoms with Crippen LogP contribution in [0, 0.1) is 0 Å². The number of hydrogen-bond acceptors (Lipinski definition) is 4. The zero-order valence-corrected chi connectivity index (χ0v) is 8.80. The molecule has 1 N–H and O–H groups in total. The molecule has 0 saturated carbocycles. The molecular formula is C10H14N2O3.